The van der Waals surface area contributed by atoms with Gasteiger partial charge in [0.15, 0.2) is 0 Å². The molecule has 4 saturated carbocycles. The standard InChI is InChI=1S/C48H79NO7/c1-42(2)25-27-48(41(55)49-29-17-15-13-11-10-12-14-16-18-38(50)51)28-26-46(8)33(34(48)30-42)19-20-36-45(7)23-22-37(44(5,6)35(45)21-24-47(36,46)9)56-40(54)32-43(3,4)31-39(52)53/h19,34-37H,10-18,20-32H2,1-9H3,(H,49,55)(H,50,51)(H,52,53)/t34?,35?,36?,37-,45-,46+,47+,48-/m0/s1. The van der Waals surface area contributed by atoms with Gasteiger partial charge in [-0.1, -0.05) is 112 Å². The second-order valence-corrected chi connectivity index (χ2v) is 22.3. The fraction of sp³-hybridized carbons (Fsp3) is 0.875. The Kier molecular flexibility index (Phi) is 13.3. The number of amides is 1. The predicted octanol–water partition coefficient (Wildman–Crippen LogP) is 11.3. The number of nitrogens with one attached hydrogen (secondary N) is 1. The molecule has 0 aliphatic heterocycles. The van der Waals surface area contributed by atoms with Crippen molar-refractivity contribution in [3.63, 3.8) is 0 Å². The van der Waals surface area contributed by atoms with E-state index in [2.05, 4.69) is 59.9 Å². The van der Waals surface area contributed by atoms with E-state index in [0.717, 1.165) is 116 Å². The lowest BCUT2D eigenvalue weighted by Gasteiger charge is -2.71. The number of carboxylic acid groups (broad SMARTS) is 2. The molecule has 3 unspecified atom stereocenters. The number of rotatable bonds is 17. The van der Waals surface area contributed by atoms with Crippen LogP contribution in [0.3, 0.4) is 0 Å². The van der Waals surface area contributed by atoms with Gasteiger partial charge in [0.25, 0.3) is 0 Å². The topological polar surface area (TPSA) is 130 Å². The van der Waals surface area contributed by atoms with Crippen LogP contribution < -0.4 is 5.32 Å². The average Bonchev–Trinajstić information content (AvgIpc) is 3.07. The Morgan fingerprint density at radius 1 is 0.750 bits per heavy atom. The summed E-state index contributed by atoms with van der Waals surface area (Å²) in [5, 5.41) is 21.7. The van der Waals surface area contributed by atoms with E-state index in [9.17, 15) is 24.3 Å². The van der Waals surface area contributed by atoms with Crippen molar-refractivity contribution in [1.82, 2.24) is 5.32 Å². The van der Waals surface area contributed by atoms with Crippen molar-refractivity contribution in [2.24, 2.45) is 55.7 Å². The third-order valence-corrected chi connectivity index (χ3v) is 17.2. The average molecular weight is 782 g/mol. The molecule has 1 amide bonds. The van der Waals surface area contributed by atoms with Crippen LogP contribution in [-0.2, 0) is 23.9 Å². The summed E-state index contributed by atoms with van der Waals surface area (Å²) in [5.74, 6) is -0.383. The van der Waals surface area contributed by atoms with Gasteiger partial charge in [0.1, 0.15) is 6.10 Å². The van der Waals surface area contributed by atoms with Crippen molar-refractivity contribution in [1.29, 1.82) is 0 Å². The van der Waals surface area contributed by atoms with E-state index in [0.29, 0.717) is 17.7 Å². The normalized spacial score (nSPS) is 35.8. The number of ether oxygens (including phenoxy) is 1. The molecule has 0 aromatic rings. The van der Waals surface area contributed by atoms with Crippen molar-refractivity contribution >= 4 is 23.8 Å². The quantitative estimate of drug-likeness (QED) is 0.0761. The Morgan fingerprint density at radius 3 is 2.02 bits per heavy atom. The molecule has 8 atom stereocenters. The molecular weight excluding hydrogens is 703 g/mol. The van der Waals surface area contributed by atoms with Crippen molar-refractivity contribution in [2.45, 2.75) is 203 Å². The Bertz CT molecular complexity index is 1500. The molecule has 5 aliphatic rings. The number of carbonyl (C=O) groups excluding carboxylic acids is 2. The molecule has 0 heterocycles. The highest BCUT2D eigenvalue weighted by atomic mass is 16.5. The van der Waals surface area contributed by atoms with Crippen molar-refractivity contribution in [3.8, 4) is 0 Å². The van der Waals surface area contributed by atoms with Crippen LogP contribution in [0.5, 0.6) is 0 Å². The van der Waals surface area contributed by atoms with Crippen LogP contribution in [0.1, 0.15) is 197 Å². The van der Waals surface area contributed by atoms with E-state index in [1.165, 1.54) is 6.42 Å². The molecule has 56 heavy (non-hydrogen) atoms. The molecule has 5 rings (SSSR count). The molecule has 318 valence electrons. The fourth-order valence-electron chi connectivity index (χ4n) is 13.7. The molecular formula is C48H79NO7. The van der Waals surface area contributed by atoms with Crippen molar-refractivity contribution < 1.29 is 34.1 Å². The van der Waals surface area contributed by atoms with Gasteiger partial charge in [0, 0.05) is 18.4 Å². The molecule has 8 nitrogen and oxygen atoms in total. The van der Waals surface area contributed by atoms with Gasteiger partial charge in [-0.05, 0) is 122 Å². The lowest BCUT2D eigenvalue weighted by Crippen LogP contribution is -2.65. The monoisotopic (exact) mass is 782 g/mol. The third-order valence-electron chi connectivity index (χ3n) is 17.2. The number of allylic oxidation sites excluding steroid dienone is 2. The van der Waals surface area contributed by atoms with Gasteiger partial charge in [0.05, 0.1) is 18.3 Å². The number of unbranched alkanes of at least 4 members (excludes halogenated alkanes) is 7. The SMILES string of the molecule is CC(C)(CC(=O)O)CC(=O)O[C@H]1CC[C@@]2(C)C(CC[C@]3(C)C2CC=C2C4CC(C)(C)CC[C@]4(C(=O)NCCCCCCCCCCC(=O)O)CC[C@]23C)C1(C)C. The largest absolute Gasteiger partial charge is 0.481 e. The summed E-state index contributed by atoms with van der Waals surface area (Å²) in [6.07, 6.45) is 21.6. The van der Waals surface area contributed by atoms with E-state index in [4.69, 9.17) is 9.84 Å². The van der Waals surface area contributed by atoms with Gasteiger partial charge in [-0.3, -0.25) is 19.2 Å². The van der Waals surface area contributed by atoms with Gasteiger partial charge in [0.2, 0.25) is 5.91 Å². The molecule has 0 spiro atoms. The lowest BCUT2D eigenvalue weighted by atomic mass is 9.33. The van der Waals surface area contributed by atoms with Gasteiger partial charge in [-0.15, -0.1) is 0 Å². The predicted molar refractivity (Wildman–Crippen MR) is 222 cm³/mol. The zero-order valence-electron chi connectivity index (χ0n) is 36.9. The first-order chi connectivity index (χ1) is 26.0. The summed E-state index contributed by atoms with van der Waals surface area (Å²) in [7, 11) is 0. The van der Waals surface area contributed by atoms with Crippen molar-refractivity contribution in [2.75, 3.05) is 6.54 Å². The second-order valence-electron chi connectivity index (χ2n) is 22.3. The molecule has 0 aromatic carbocycles. The molecule has 5 aliphatic carbocycles. The minimum atomic E-state index is -0.891. The summed E-state index contributed by atoms with van der Waals surface area (Å²) in [6, 6.07) is 0. The van der Waals surface area contributed by atoms with Gasteiger partial charge in [-0.2, -0.15) is 0 Å². The zero-order chi connectivity index (χ0) is 41.4. The highest BCUT2D eigenvalue weighted by Gasteiger charge is 2.69. The molecule has 3 N–H and O–H groups in total. The Hall–Kier alpha value is -2.38. The number of carboxylic acids is 2. The molecule has 0 bridgehead atoms. The number of hydrogen-bond donors (Lipinski definition) is 3. The summed E-state index contributed by atoms with van der Waals surface area (Å²) in [5.41, 5.74) is 0.861. The minimum Gasteiger partial charge on any atom is -0.481 e. The molecule has 8 heteroatoms. The van der Waals surface area contributed by atoms with E-state index >= 15 is 0 Å². The van der Waals surface area contributed by atoms with E-state index in [1.807, 2.05) is 13.8 Å². The Labute approximate surface area is 339 Å². The van der Waals surface area contributed by atoms with Crippen LogP contribution in [0, 0.1) is 55.7 Å². The lowest BCUT2D eigenvalue weighted by molar-refractivity contribution is -0.213. The number of hydrogen-bond acceptors (Lipinski definition) is 5. The summed E-state index contributed by atoms with van der Waals surface area (Å²) in [4.78, 5) is 49.9. The Morgan fingerprint density at radius 2 is 1.38 bits per heavy atom. The first-order valence-corrected chi connectivity index (χ1v) is 22.7. The van der Waals surface area contributed by atoms with Crippen LogP contribution >= 0.6 is 0 Å². The number of esters is 1. The van der Waals surface area contributed by atoms with Crippen LogP contribution in [0.25, 0.3) is 0 Å². The molecule has 0 radical (unpaired) electrons. The van der Waals surface area contributed by atoms with Gasteiger partial charge in [-0.25, -0.2) is 0 Å². The second kappa shape index (κ2) is 16.7. The highest BCUT2D eigenvalue weighted by molar-refractivity contribution is 5.84. The number of carbonyl (C=O) groups is 4. The molecule has 0 aromatic heterocycles. The van der Waals surface area contributed by atoms with Crippen LogP contribution in [-0.4, -0.2) is 46.7 Å². The fourth-order valence-corrected chi connectivity index (χ4v) is 13.7. The van der Waals surface area contributed by atoms with Crippen LogP contribution in [0.15, 0.2) is 11.6 Å². The van der Waals surface area contributed by atoms with Crippen LogP contribution in [0.2, 0.25) is 0 Å². The smallest absolute Gasteiger partial charge is 0.306 e. The maximum atomic E-state index is 14.5. The van der Waals surface area contributed by atoms with Gasteiger partial charge >= 0.3 is 17.9 Å². The van der Waals surface area contributed by atoms with Crippen LogP contribution in [0.4, 0.5) is 0 Å². The summed E-state index contributed by atoms with van der Waals surface area (Å²) < 4.78 is 6.27. The molecule has 4 fully saturated rings. The first kappa shape index (κ1) is 44.7. The van der Waals surface area contributed by atoms with E-state index < -0.39 is 17.4 Å². The number of aliphatic carboxylic acids is 2. The van der Waals surface area contributed by atoms with E-state index in [-0.39, 0.29) is 69.7 Å². The maximum Gasteiger partial charge on any atom is 0.306 e. The maximum absolute atomic E-state index is 14.5. The Balaban J connectivity index is 1.26. The first-order valence-electron chi connectivity index (χ1n) is 22.7. The highest BCUT2D eigenvalue weighted by Crippen LogP contribution is 2.76. The minimum absolute atomic E-state index is 0.0303. The van der Waals surface area contributed by atoms with Crippen molar-refractivity contribution in [3.05, 3.63) is 11.6 Å². The molecule has 0 saturated heterocycles. The number of fused-ring (bicyclic) bond motifs is 7. The third kappa shape index (κ3) is 8.80. The summed E-state index contributed by atoms with van der Waals surface area (Å²) in [6.45, 7) is 21.6. The van der Waals surface area contributed by atoms with E-state index in [1.54, 1.807) is 5.57 Å². The zero-order valence-corrected chi connectivity index (χ0v) is 36.9. The summed E-state index contributed by atoms with van der Waals surface area (Å²) >= 11 is 0. The van der Waals surface area contributed by atoms with Gasteiger partial charge < -0.3 is 20.3 Å².